The Morgan fingerprint density at radius 3 is 2.26 bits per heavy atom. The van der Waals surface area contributed by atoms with Crippen LogP contribution < -0.4 is 18.5 Å². The highest BCUT2D eigenvalue weighted by Gasteiger charge is 2.67. The Hall–Kier alpha value is -4.22. The van der Waals surface area contributed by atoms with Crippen molar-refractivity contribution >= 4 is 21.6 Å². The number of anilines is 1. The fourth-order valence-corrected chi connectivity index (χ4v) is 9.78. The quantitative estimate of drug-likeness (QED) is 0.306. The third kappa shape index (κ3) is 5.31. The van der Waals surface area contributed by atoms with Crippen LogP contribution in [0.15, 0.2) is 59.8 Å². The van der Waals surface area contributed by atoms with E-state index in [0.29, 0.717) is 65.7 Å². The van der Waals surface area contributed by atoms with E-state index in [1.807, 2.05) is 6.92 Å². The first-order valence-corrected chi connectivity index (χ1v) is 18.6. The number of carbonyl (C=O) groups excluding carboxylic acids is 1. The Balaban J connectivity index is 1.32. The van der Waals surface area contributed by atoms with Gasteiger partial charge in [-0.25, -0.2) is 4.98 Å². The molecule has 0 aliphatic carbocycles. The number of ether oxygens (including phenoxy) is 3. The third-order valence-electron chi connectivity index (χ3n) is 10.9. The van der Waals surface area contributed by atoms with Gasteiger partial charge in [-0.2, -0.15) is 18.0 Å². The van der Waals surface area contributed by atoms with E-state index < -0.39 is 21.5 Å². The largest absolute Gasteiger partial charge is 0.497 e. The van der Waals surface area contributed by atoms with Gasteiger partial charge in [-0.15, -0.1) is 0 Å². The Morgan fingerprint density at radius 1 is 0.960 bits per heavy atom. The van der Waals surface area contributed by atoms with Gasteiger partial charge in [-0.1, -0.05) is 0 Å². The van der Waals surface area contributed by atoms with Crippen molar-refractivity contribution in [2.45, 2.75) is 56.3 Å². The summed E-state index contributed by atoms with van der Waals surface area (Å²) in [5.74, 6) is 0.629. The monoisotopic (exact) mass is 700 g/mol. The number of amides is 1. The summed E-state index contributed by atoms with van der Waals surface area (Å²) < 4.78 is 46.8. The molecule has 2 aromatic carbocycles. The standard InChI is InChI=1S/C37H44N6O6S/c1-6-49-33-11-8-28(47-4)18-31(33)37(42-23-36(24-42)21-41(22-36)27-13-15-40(16-14-27)25(2)3)30-17-26(19-38)7-10-32(30)43(35(37)44)50(45,46)34-12-9-29(48-5)20-39-34/h7-12,17-18,20,25,27H,6,13-16,21-24H2,1-5H3. The molecule has 3 saturated heterocycles. The Bertz CT molecular complexity index is 1920. The average Bonchev–Trinajstić information content (AvgIpc) is 3.35. The SMILES string of the molecule is CCOc1ccc(OC)cc1C1(N2CC3(CN(C4CCN(C(C)C)CC4)C3)C2)C(=O)N(S(=O)(=O)c2ccc(OC)cn2)c2ccc(C#N)cc21. The van der Waals surface area contributed by atoms with Crippen molar-refractivity contribution in [1.82, 2.24) is 19.7 Å². The summed E-state index contributed by atoms with van der Waals surface area (Å²) in [5.41, 5.74) is -0.322. The zero-order valence-electron chi connectivity index (χ0n) is 29.3. The molecule has 5 heterocycles. The first-order chi connectivity index (χ1) is 24.0. The van der Waals surface area contributed by atoms with Gasteiger partial charge < -0.3 is 19.1 Å². The number of piperidine rings is 1. The van der Waals surface area contributed by atoms with Crippen molar-refractivity contribution < 1.29 is 27.4 Å². The van der Waals surface area contributed by atoms with E-state index >= 15 is 4.79 Å². The van der Waals surface area contributed by atoms with Crippen molar-refractivity contribution in [3.63, 3.8) is 0 Å². The molecule has 0 N–H and O–H groups in total. The van der Waals surface area contributed by atoms with Crippen LogP contribution in [0.5, 0.6) is 17.2 Å². The van der Waals surface area contributed by atoms with Gasteiger partial charge >= 0.3 is 0 Å². The number of nitrogens with zero attached hydrogens (tertiary/aromatic N) is 6. The number of hydrogen-bond donors (Lipinski definition) is 0. The molecule has 1 unspecified atom stereocenters. The predicted octanol–water partition coefficient (Wildman–Crippen LogP) is 3.84. The van der Waals surface area contributed by atoms with Crippen LogP contribution in [0.3, 0.4) is 0 Å². The van der Waals surface area contributed by atoms with Crippen LogP contribution in [0, 0.1) is 16.7 Å². The molecule has 3 aromatic rings. The smallest absolute Gasteiger partial charge is 0.288 e. The maximum Gasteiger partial charge on any atom is 0.288 e. The van der Waals surface area contributed by atoms with Crippen LogP contribution in [-0.4, -0.2) is 106 Å². The summed E-state index contributed by atoms with van der Waals surface area (Å²) in [4.78, 5) is 26.7. The fourth-order valence-electron chi connectivity index (χ4n) is 8.39. The molecule has 0 radical (unpaired) electrons. The molecule has 12 nitrogen and oxygen atoms in total. The first-order valence-electron chi connectivity index (χ1n) is 17.2. The molecule has 0 bridgehead atoms. The molecular formula is C37H44N6O6S. The van der Waals surface area contributed by atoms with E-state index in [2.05, 4.69) is 39.6 Å². The van der Waals surface area contributed by atoms with Crippen LogP contribution >= 0.6 is 0 Å². The van der Waals surface area contributed by atoms with E-state index in [-0.39, 0.29) is 16.1 Å². The van der Waals surface area contributed by atoms with Crippen molar-refractivity contribution in [2.75, 3.05) is 64.4 Å². The number of likely N-dealkylation sites (tertiary alicyclic amines) is 3. The second-order valence-electron chi connectivity index (χ2n) is 14.1. The number of hydrogen-bond acceptors (Lipinski definition) is 11. The minimum Gasteiger partial charge on any atom is -0.497 e. The summed E-state index contributed by atoms with van der Waals surface area (Å²) in [7, 11) is -1.50. The predicted molar refractivity (Wildman–Crippen MR) is 187 cm³/mol. The number of pyridine rings is 1. The lowest BCUT2D eigenvalue weighted by molar-refractivity contribution is -0.170. The molecule has 0 saturated carbocycles. The lowest BCUT2D eigenvalue weighted by atomic mass is 9.67. The molecule has 264 valence electrons. The van der Waals surface area contributed by atoms with Crippen molar-refractivity contribution in [2.24, 2.45) is 5.41 Å². The highest BCUT2D eigenvalue weighted by molar-refractivity contribution is 7.93. The van der Waals surface area contributed by atoms with E-state index in [9.17, 15) is 13.7 Å². The Morgan fingerprint density at radius 2 is 1.66 bits per heavy atom. The van der Waals surface area contributed by atoms with Crippen LogP contribution in [0.25, 0.3) is 0 Å². The normalized spacial score (nSPS) is 22.6. The van der Waals surface area contributed by atoms with Crippen LogP contribution in [0.1, 0.15) is 50.3 Å². The molecule has 50 heavy (non-hydrogen) atoms. The fraction of sp³-hybridized carbons (Fsp3) is 0.486. The molecule has 1 atom stereocenters. The number of fused-ring (bicyclic) bond motifs is 1. The maximum absolute atomic E-state index is 15.4. The molecule has 1 spiro atoms. The lowest BCUT2D eigenvalue weighted by Crippen LogP contribution is -2.77. The third-order valence-corrected chi connectivity index (χ3v) is 12.5. The minimum absolute atomic E-state index is 0.0378. The number of sulfonamides is 1. The molecule has 7 rings (SSSR count). The van der Waals surface area contributed by atoms with Crippen LogP contribution in [-0.2, 0) is 20.4 Å². The molecule has 4 aliphatic rings. The van der Waals surface area contributed by atoms with Crippen LogP contribution in [0.4, 0.5) is 5.69 Å². The van der Waals surface area contributed by atoms with E-state index in [4.69, 9.17) is 14.2 Å². The number of methoxy groups -OCH3 is 2. The number of carbonyl (C=O) groups is 1. The maximum atomic E-state index is 15.4. The van der Waals surface area contributed by atoms with Gasteiger partial charge in [0.05, 0.1) is 44.3 Å². The average molecular weight is 701 g/mol. The van der Waals surface area contributed by atoms with Crippen molar-refractivity contribution in [1.29, 1.82) is 5.26 Å². The summed E-state index contributed by atoms with van der Waals surface area (Å²) in [6.45, 7) is 11.8. The zero-order chi connectivity index (χ0) is 35.4. The molecule has 1 aromatic heterocycles. The lowest BCUT2D eigenvalue weighted by Gasteiger charge is -2.65. The molecular weight excluding hydrogens is 657 g/mol. The number of aromatic nitrogens is 1. The summed E-state index contributed by atoms with van der Waals surface area (Å²) >= 11 is 0. The topological polar surface area (TPSA) is 129 Å². The molecule has 13 heteroatoms. The summed E-state index contributed by atoms with van der Waals surface area (Å²) in [5, 5.41) is 9.73. The van der Waals surface area contributed by atoms with Gasteiger partial charge in [0.1, 0.15) is 17.2 Å². The Labute approximate surface area is 294 Å². The second-order valence-corrected chi connectivity index (χ2v) is 15.8. The summed E-state index contributed by atoms with van der Waals surface area (Å²) in [6.07, 6.45) is 3.58. The van der Waals surface area contributed by atoms with Crippen molar-refractivity contribution in [3.05, 3.63) is 71.4 Å². The molecule has 3 fully saturated rings. The number of rotatable bonds is 10. The van der Waals surface area contributed by atoms with Gasteiger partial charge in [-0.3, -0.25) is 14.6 Å². The van der Waals surface area contributed by atoms with Gasteiger partial charge in [0, 0.05) is 54.8 Å². The van der Waals surface area contributed by atoms with Gasteiger partial charge in [0.15, 0.2) is 10.6 Å². The van der Waals surface area contributed by atoms with E-state index in [1.165, 1.54) is 31.5 Å². The van der Waals surface area contributed by atoms with Crippen molar-refractivity contribution in [3.8, 4) is 23.3 Å². The van der Waals surface area contributed by atoms with Gasteiger partial charge in [-0.05, 0) is 95.2 Å². The molecule has 4 aliphatic heterocycles. The van der Waals surface area contributed by atoms with Crippen LogP contribution in [0.2, 0.25) is 0 Å². The minimum atomic E-state index is -4.51. The number of nitriles is 1. The highest BCUT2D eigenvalue weighted by Crippen LogP contribution is 2.58. The second kappa shape index (κ2) is 12.8. The zero-order valence-corrected chi connectivity index (χ0v) is 30.1. The van der Waals surface area contributed by atoms with Gasteiger partial charge in [0.2, 0.25) is 0 Å². The van der Waals surface area contributed by atoms with E-state index in [1.54, 1.807) is 37.4 Å². The van der Waals surface area contributed by atoms with Gasteiger partial charge in [0.25, 0.3) is 15.9 Å². The Kier molecular flexibility index (Phi) is 8.79. The number of benzene rings is 2. The highest BCUT2D eigenvalue weighted by atomic mass is 32.2. The van der Waals surface area contributed by atoms with E-state index in [0.717, 1.165) is 43.3 Å². The molecule has 1 amide bonds. The first kappa shape index (κ1) is 34.2. The summed E-state index contributed by atoms with van der Waals surface area (Å²) in [6, 6.07) is 16.1.